The number of hydrogen-bond acceptors (Lipinski definition) is 5. The Hall–Kier alpha value is -2.12. The smallest absolute Gasteiger partial charge is 0.226 e. The monoisotopic (exact) mass is 513 g/mol. The van der Waals surface area contributed by atoms with Crippen molar-refractivity contribution in [2.75, 3.05) is 31.6 Å². The highest BCUT2D eigenvalue weighted by atomic mass is 35.5. The van der Waals surface area contributed by atoms with Gasteiger partial charge < -0.3 is 20.1 Å². The number of nitrogens with zero attached hydrogens (tertiary/aromatic N) is 2. The van der Waals surface area contributed by atoms with Crippen molar-refractivity contribution >= 4 is 23.2 Å². The molecule has 6 nitrogen and oxygen atoms in total. The van der Waals surface area contributed by atoms with Crippen LogP contribution in [0.3, 0.4) is 0 Å². The van der Waals surface area contributed by atoms with E-state index in [4.69, 9.17) is 16.3 Å². The van der Waals surface area contributed by atoms with E-state index in [9.17, 15) is 9.90 Å². The highest BCUT2D eigenvalue weighted by Gasteiger charge is 2.26. The van der Waals surface area contributed by atoms with Gasteiger partial charge in [-0.15, -0.1) is 0 Å². The average Bonchev–Trinajstić information content (AvgIpc) is 2.87. The number of nitrogens with one attached hydrogen (secondary N) is 1. The number of hydrogen-bond donors (Lipinski definition) is 2. The van der Waals surface area contributed by atoms with Crippen molar-refractivity contribution in [2.45, 2.75) is 71.2 Å². The van der Waals surface area contributed by atoms with Crippen molar-refractivity contribution in [3.63, 3.8) is 0 Å². The molecule has 2 aromatic carbocycles. The number of piperazine rings is 1. The number of carbonyl (C=O) groups is 1. The topological polar surface area (TPSA) is 65.0 Å². The molecule has 0 bridgehead atoms. The zero-order valence-electron chi connectivity index (χ0n) is 21.8. The minimum Gasteiger partial charge on any atom is -0.490 e. The van der Waals surface area contributed by atoms with Gasteiger partial charge in [0.05, 0.1) is 12.7 Å². The summed E-state index contributed by atoms with van der Waals surface area (Å²) in [6.45, 7) is 8.41. The second kappa shape index (κ2) is 12.4. The lowest BCUT2D eigenvalue weighted by Gasteiger charge is -2.32. The number of ether oxygens (including phenoxy) is 1. The molecule has 4 rings (SSSR count). The van der Waals surface area contributed by atoms with Crippen LogP contribution in [0.15, 0.2) is 36.4 Å². The summed E-state index contributed by atoms with van der Waals surface area (Å²) in [6, 6.07) is 12.4. The number of carbonyl (C=O) groups excluding carboxylic acids is 1. The second-order valence-electron chi connectivity index (χ2n) is 10.5. The fourth-order valence-corrected chi connectivity index (χ4v) is 5.56. The SMILES string of the molecule is Cc1cc(N(C)C(=O)CC2CCC(Oc3ccc(Cl)c(CO)c3)CC2)ccc1CN1CCN[C@@H](C)C1. The molecule has 196 valence electrons. The molecule has 1 amide bonds. The van der Waals surface area contributed by atoms with E-state index in [1.54, 1.807) is 6.07 Å². The first-order valence-electron chi connectivity index (χ1n) is 13.2. The van der Waals surface area contributed by atoms with E-state index in [-0.39, 0.29) is 18.6 Å². The third kappa shape index (κ3) is 7.00. The first-order valence-corrected chi connectivity index (χ1v) is 13.6. The molecule has 1 aliphatic carbocycles. The molecular formula is C29H40ClN3O3. The molecule has 1 aliphatic heterocycles. The van der Waals surface area contributed by atoms with Gasteiger partial charge in [-0.1, -0.05) is 17.7 Å². The standard InChI is InChI=1S/C29H40ClN3O3/c1-20-14-25(7-6-23(20)18-33-13-12-31-21(2)17-33)32(3)29(35)15-22-4-8-26(9-5-22)36-27-10-11-28(30)24(16-27)19-34/h6-7,10-11,14,16,21-22,26,31,34H,4-5,8-9,12-13,15,17-19H2,1-3H3/t21-,22?,26?/m0/s1. The van der Waals surface area contributed by atoms with Crippen molar-refractivity contribution in [3.05, 3.63) is 58.1 Å². The summed E-state index contributed by atoms with van der Waals surface area (Å²) in [7, 11) is 1.89. The van der Waals surface area contributed by atoms with Gasteiger partial charge in [-0.05, 0) is 92.5 Å². The Morgan fingerprint density at radius 3 is 2.64 bits per heavy atom. The molecule has 2 N–H and O–H groups in total. The molecule has 1 saturated carbocycles. The predicted molar refractivity (Wildman–Crippen MR) is 146 cm³/mol. The Labute approximate surface area is 220 Å². The van der Waals surface area contributed by atoms with Crippen LogP contribution >= 0.6 is 11.6 Å². The van der Waals surface area contributed by atoms with Crippen LogP contribution < -0.4 is 15.0 Å². The molecule has 2 fully saturated rings. The van der Waals surface area contributed by atoms with Crippen molar-refractivity contribution in [1.29, 1.82) is 0 Å². The number of anilines is 1. The van der Waals surface area contributed by atoms with Crippen molar-refractivity contribution in [2.24, 2.45) is 5.92 Å². The molecule has 1 saturated heterocycles. The molecule has 1 atom stereocenters. The number of aliphatic hydroxyl groups excluding tert-OH is 1. The maximum atomic E-state index is 13.1. The first-order chi connectivity index (χ1) is 17.3. The number of halogens is 1. The predicted octanol–water partition coefficient (Wildman–Crippen LogP) is 4.93. The minimum atomic E-state index is -0.101. The van der Waals surface area contributed by atoms with E-state index in [1.807, 2.05) is 24.1 Å². The summed E-state index contributed by atoms with van der Waals surface area (Å²) in [5.41, 5.74) is 4.22. The van der Waals surface area contributed by atoms with Gasteiger partial charge in [0.2, 0.25) is 5.91 Å². The van der Waals surface area contributed by atoms with Gasteiger partial charge in [0, 0.05) is 56.4 Å². The van der Waals surface area contributed by atoms with Crippen LogP contribution in [0, 0.1) is 12.8 Å². The van der Waals surface area contributed by atoms with Crippen LogP contribution in [0.4, 0.5) is 5.69 Å². The number of benzene rings is 2. The highest BCUT2D eigenvalue weighted by molar-refractivity contribution is 6.31. The van der Waals surface area contributed by atoms with Crippen molar-refractivity contribution in [1.82, 2.24) is 10.2 Å². The molecule has 0 spiro atoms. The van der Waals surface area contributed by atoms with E-state index in [1.165, 1.54) is 11.1 Å². The van der Waals surface area contributed by atoms with Crippen LogP contribution in [-0.4, -0.2) is 54.7 Å². The third-order valence-corrected chi connectivity index (χ3v) is 8.05. The summed E-state index contributed by atoms with van der Waals surface area (Å²) >= 11 is 6.08. The quantitative estimate of drug-likeness (QED) is 0.524. The van der Waals surface area contributed by atoms with E-state index < -0.39 is 0 Å². The zero-order chi connectivity index (χ0) is 25.7. The molecule has 0 aromatic heterocycles. The Morgan fingerprint density at radius 1 is 1.17 bits per heavy atom. The van der Waals surface area contributed by atoms with Crippen LogP contribution in [0.2, 0.25) is 5.02 Å². The van der Waals surface area contributed by atoms with E-state index in [0.29, 0.717) is 29.0 Å². The maximum Gasteiger partial charge on any atom is 0.226 e. The summed E-state index contributed by atoms with van der Waals surface area (Å²) in [6.07, 6.45) is 4.51. The summed E-state index contributed by atoms with van der Waals surface area (Å²) < 4.78 is 6.14. The lowest BCUT2D eigenvalue weighted by Crippen LogP contribution is -2.48. The second-order valence-corrected chi connectivity index (χ2v) is 10.9. The van der Waals surface area contributed by atoms with Gasteiger partial charge >= 0.3 is 0 Å². The minimum absolute atomic E-state index is 0.101. The largest absolute Gasteiger partial charge is 0.490 e. The highest BCUT2D eigenvalue weighted by Crippen LogP contribution is 2.32. The molecule has 7 heteroatoms. The zero-order valence-corrected chi connectivity index (χ0v) is 22.6. The summed E-state index contributed by atoms with van der Waals surface area (Å²) in [4.78, 5) is 17.4. The Morgan fingerprint density at radius 2 is 1.94 bits per heavy atom. The molecule has 0 unspecified atom stereocenters. The Balaban J connectivity index is 1.26. The van der Waals surface area contributed by atoms with Crippen LogP contribution in [-0.2, 0) is 17.9 Å². The molecule has 2 aromatic rings. The lowest BCUT2D eigenvalue weighted by atomic mass is 9.85. The maximum absolute atomic E-state index is 13.1. The van der Waals surface area contributed by atoms with E-state index in [2.05, 4.69) is 42.3 Å². The number of amides is 1. The van der Waals surface area contributed by atoms with E-state index in [0.717, 1.165) is 63.3 Å². The molecule has 2 aliphatic rings. The number of aryl methyl sites for hydroxylation is 1. The molecular weight excluding hydrogens is 474 g/mol. The Bertz CT molecular complexity index is 1040. The number of rotatable bonds is 8. The normalized spacial score (nSPS) is 22.9. The van der Waals surface area contributed by atoms with Gasteiger partial charge in [0.15, 0.2) is 0 Å². The third-order valence-electron chi connectivity index (χ3n) is 7.68. The fourth-order valence-electron chi connectivity index (χ4n) is 5.38. The van der Waals surface area contributed by atoms with Crippen molar-refractivity contribution < 1.29 is 14.6 Å². The van der Waals surface area contributed by atoms with Gasteiger partial charge in [-0.3, -0.25) is 9.69 Å². The lowest BCUT2D eigenvalue weighted by molar-refractivity contribution is -0.119. The van der Waals surface area contributed by atoms with Crippen LogP contribution in [0.5, 0.6) is 5.75 Å². The summed E-state index contributed by atoms with van der Waals surface area (Å²) in [5.74, 6) is 1.30. The van der Waals surface area contributed by atoms with Crippen LogP contribution in [0.1, 0.15) is 55.7 Å². The molecule has 1 heterocycles. The first kappa shape index (κ1) is 26.9. The van der Waals surface area contributed by atoms with Crippen LogP contribution in [0.25, 0.3) is 0 Å². The van der Waals surface area contributed by atoms with Gasteiger partial charge in [0.25, 0.3) is 0 Å². The van der Waals surface area contributed by atoms with Crippen molar-refractivity contribution in [3.8, 4) is 5.75 Å². The Kier molecular flexibility index (Phi) is 9.29. The summed E-state index contributed by atoms with van der Waals surface area (Å²) in [5, 5.41) is 13.5. The fraction of sp³-hybridized carbons (Fsp3) is 0.552. The molecule has 0 radical (unpaired) electrons. The van der Waals surface area contributed by atoms with Gasteiger partial charge in [-0.2, -0.15) is 0 Å². The average molecular weight is 514 g/mol. The van der Waals surface area contributed by atoms with E-state index >= 15 is 0 Å². The molecule has 36 heavy (non-hydrogen) atoms. The van der Waals surface area contributed by atoms with Gasteiger partial charge in [0.1, 0.15) is 5.75 Å². The van der Waals surface area contributed by atoms with Gasteiger partial charge in [-0.25, -0.2) is 0 Å². The number of aliphatic hydroxyl groups is 1.